The minimum atomic E-state index is -0.721. The molecule has 0 aliphatic carbocycles. The zero-order chi connectivity index (χ0) is 26.3. The van der Waals surface area contributed by atoms with Gasteiger partial charge in [-0.15, -0.1) is 0 Å². The van der Waals surface area contributed by atoms with Crippen molar-refractivity contribution in [2.75, 3.05) is 36.1 Å². The number of esters is 1. The molecule has 0 atom stereocenters. The summed E-state index contributed by atoms with van der Waals surface area (Å²) in [5.74, 6) is -0.871. The van der Waals surface area contributed by atoms with Gasteiger partial charge in [-0.25, -0.2) is 9.18 Å². The molecule has 0 aromatic heterocycles. The summed E-state index contributed by atoms with van der Waals surface area (Å²) in [4.78, 5) is 28.4. The van der Waals surface area contributed by atoms with Crippen molar-refractivity contribution in [1.29, 1.82) is 0 Å². The Hall–Kier alpha value is -3.13. The SMILES string of the molecule is CCOC(=O)CCc1ccc(N(Cc2ccc3c(c2)N(CCO)CCC3)C(=O)OC(C)(C)C)cc1F. The topological polar surface area (TPSA) is 79.3 Å². The predicted molar refractivity (Wildman–Crippen MR) is 138 cm³/mol. The quantitative estimate of drug-likeness (QED) is 0.488. The molecule has 196 valence electrons. The first-order valence-corrected chi connectivity index (χ1v) is 12.5. The van der Waals surface area contributed by atoms with Gasteiger partial charge in [-0.3, -0.25) is 9.69 Å². The minimum absolute atomic E-state index is 0.0650. The molecule has 0 saturated carbocycles. The molecule has 2 aromatic rings. The van der Waals surface area contributed by atoms with Gasteiger partial charge in [-0.2, -0.15) is 0 Å². The van der Waals surface area contributed by atoms with Crippen LogP contribution in [0.5, 0.6) is 0 Å². The van der Waals surface area contributed by atoms with Crippen LogP contribution in [-0.2, 0) is 33.7 Å². The summed E-state index contributed by atoms with van der Waals surface area (Å²) in [6.45, 7) is 9.04. The third kappa shape index (κ3) is 7.43. The monoisotopic (exact) mass is 500 g/mol. The number of aliphatic hydroxyl groups excluding tert-OH is 1. The van der Waals surface area contributed by atoms with Crippen LogP contribution in [0.15, 0.2) is 36.4 Å². The highest BCUT2D eigenvalue weighted by Crippen LogP contribution is 2.30. The van der Waals surface area contributed by atoms with Gasteiger partial charge in [0.15, 0.2) is 0 Å². The normalized spacial score (nSPS) is 13.2. The van der Waals surface area contributed by atoms with E-state index in [9.17, 15) is 19.1 Å². The summed E-state index contributed by atoms with van der Waals surface area (Å²) in [5, 5.41) is 9.46. The third-order valence-electron chi connectivity index (χ3n) is 5.94. The fourth-order valence-electron chi connectivity index (χ4n) is 4.28. The van der Waals surface area contributed by atoms with Crippen LogP contribution in [-0.4, -0.2) is 49.1 Å². The van der Waals surface area contributed by atoms with E-state index in [4.69, 9.17) is 9.47 Å². The van der Waals surface area contributed by atoms with Crippen LogP contribution in [0, 0.1) is 5.82 Å². The Morgan fingerprint density at radius 2 is 1.94 bits per heavy atom. The third-order valence-corrected chi connectivity index (χ3v) is 5.94. The van der Waals surface area contributed by atoms with Gasteiger partial charge < -0.3 is 19.5 Å². The van der Waals surface area contributed by atoms with E-state index in [2.05, 4.69) is 11.0 Å². The second-order valence-corrected chi connectivity index (χ2v) is 9.92. The number of aliphatic hydroxyl groups is 1. The van der Waals surface area contributed by atoms with Gasteiger partial charge in [0.1, 0.15) is 11.4 Å². The van der Waals surface area contributed by atoms with Crippen LogP contribution < -0.4 is 9.80 Å². The highest BCUT2D eigenvalue weighted by Gasteiger charge is 2.25. The van der Waals surface area contributed by atoms with Crippen molar-refractivity contribution in [3.63, 3.8) is 0 Å². The molecule has 1 N–H and O–H groups in total. The number of hydrogen-bond acceptors (Lipinski definition) is 6. The fourth-order valence-corrected chi connectivity index (χ4v) is 4.28. The first-order chi connectivity index (χ1) is 17.1. The number of halogens is 1. The zero-order valence-electron chi connectivity index (χ0n) is 21.7. The van der Waals surface area contributed by atoms with Gasteiger partial charge >= 0.3 is 12.1 Å². The number of amides is 1. The van der Waals surface area contributed by atoms with Crippen molar-refractivity contribution in [1.82, 2.24) is 0 Å². The molecule has 0 fully saturated rings. The number of carbonyl (C=O) groups excluding carboxylic acids is 2. The van der Waals surface area contributed by atoms with E-state index < -0.39 is 17.5 Å². The van der Waals surface area contributed by atoms with E-state index in [1.807, 2.05) is 12.1 Å². The van der Waals surface area contributed by atoms with Crippen molar-refractivity contribution < 1.29 is 28.6 Å². The van der Waals surface area contributed by atoms with Crippen LogP contribution in [0.2, 0.25) is 0 Å². The molecule has 3 rings (SSSR count). The van der Waals surface area contributed by atoms with E-state index in [0.29, 0.717) is 17.8 Å². The Morgan fingerprint density at radius 1 is 1.17 bits per heavy atom. The lowest BCUT2D eigenvalue weighted by atomic mass is 9.99. The summed E-state index contributed by atoms with van der Waals surface area (Å²) in [5.41, 5.74) is 3.16. The molecular formula is C28H37FN2O5. The maximum absolute atomic E-state index is 15.0. The summed E-state index contributed by atoms with van der Waals surface area (Å²) in [6, 6.07) is 10.6. The molecule has 7 nitrogen and oxygen atoms in total. The maximum Gasteiger partial charge on any atom is 0.415 e. The molecule has 0 unspecified atom stereocenters. The standard InChI is InChI=1S/C28H37FN2O5/c1-5-35-26(33)13-11-21-10-12-23(18-24(21)29)31(27(34)36-28(2,3)4)19-20-8-9-22-7-6-14-30(15-16-32)25(22)17-20/h8-10,12,17-18,32H,5-7,11,13-16,19H2,1-4H3. The van der Waals surface area contributed by atoms with E-state index in [-0.39, 0.29) is 38.6 Å². The number of rotatable bonds is 9. The lowest BCUT2D eigenvalue weighted by Crippen LogP contribution is -2.37. The molecule has 1 amide bonds. The average Bonchev–Trinajstić information content (AvgIpc) is 2.81. The smallest absolute Gasteiger partial charge is 0.415 e. The van der Waals surface area contributed by atoms with Gasteiger partial charge in [0, 0.05) is 25.2 Å². The number of carbonyl (C=O) groups is 2. The summed E-state index contributed by atoms with van der Waals surface area (Å²) in [7, 11) is 0. The predicted octanol–water partition coefficient (Wildman–Crippen LogP) is 5.01. The molecule has 2 aromatic carbocycles. The Balaban J connectivity index is 1.88. The van der Waals surface area contributed by atoms with Crippen molar-refractivity contribution in [3.05, 3.63) is 58.9 Å². The minimum Gasteiger partial charge on any atom is -0.466 e. The number of nitrogens with zero attached hydrogens (tertiary/aromatic N) is 2. The summed E-state index contributed by atoms with van der Waals surface area (Å²) in [6.07, 6.45) is 1.71. The molecule has 0 bridgehead atoms. The van der Waals surface area contributed by atoms with Crippen molar-refractivity contribution in [2.45, 2.75) is 65.5 Å². The zero-order valence-corrected chi connectivity index (χ0v) is 21.7. The molecule has 36 heavy (non-hydrogen) atoms. The van der Waals surface area contributed by atoms with Gasteiger partial charge in [-0.1, -0.05) is 18.2 Å². The second kappa shape index (κ2) is 12.2. The van der Waals surface area contributed by atoms with Gasteiger partial charge in [0.2, 0.25) is 0 Å². The van der Waals surface area contributed by atoms with Crippen LogP contribution in [0.1, 0.15) is 57.2 Å². The highest BCUT2D eigenvalue weighted by atomic mass is 19.1. The molecule has 8 heteroatoms. The maximum atomic E-state index is 15.0. The van der Waals surface area contributed by atoms with Crippen molar-refractivity contribution in [3.8, 4) is 0 Å². The van der Waals surface area contributed by atoms with Gasteiger partial charge in [0.25, 0.3) is 0 Å². The summed E-state index contributed by atoms with van der Waals surface area (Å²) < 4.78 is 25.5. The molecule has 0 radical (unpaired) electrons. The highest BCUT2D eigenvalue weighted by molar-refractivity contribution is 5.88. The van der Waals surface area contributed by atoms with E-state index in [1.165, 1.54) is 16.5 Å². The van der Waals surface area contributed by atoms with E-state index in [1.54, 1.807) is 39.8 Å². The number of fused-ring (bicyclic) bond motifs is 1. The molecule has 0 saturated heterocycles. The average molecular weight is 501 g/mol. The second-order valence-electron chi connectivity index (χ2n) is 9.92. The van der Waals surface area contributed by atoms with Gasteiger partial charge in [-0.05, 0) is 81.8 Å². The van der Waals surface area contributed by atoms with Crippen LogP contribution in [0.4, 0.5) is 20.6 Å². The Kier molecular flexibility index (Phi) is 9.31. The molecule has 0 spiro atoms. The molecule has 1 heterocycles. The molecule has 1 aliphatic rings. The molecular weight excluding hydrogens is 463 g/mol. The number of anilines is 2. The Labute approximate surface area is 212 Å². The van der Waals surface area contributed by atoms with E-state index in [0.717, 1.165) is 30.6 Å². The largest absolute Gasteiger partial charge is 0.466 e. The van der Waals surface area contributed by atoms with E-state index >= 15 is 0 Å². The summed E-state index contributed by atoms with van der Waals surface area (Å²) >= 11 is 0. The van der Waals surface area contributed by atoms with Gasteiger partial charge in [0.05, 0.1) is 25.4 Å². The van der Waals surface area contributed by atoms with Crippen molar-refractivity contribution >= 4 is 23.4 Å². The Bertz CT molecular complexity index is 1070. The fraction of sp³-hybridized carbons (Fsp3) is 0.500. The first-order valence-electron chi connectivity index (χ1n) is 12.5. The number of β-amino-alcohol motifs (C(OH)–C–C–N with tert-alkyl or cyclic N) is 1. The molecule has 1 aliphatic heterocycles. The Morgan fingerprint density at radius 3 is 2.61 bits per heavy atom. The van der Waals surface area contributed by atoms with Crippen molar-refractivity contribution in [2.24, 2.45) is 0 Å². The van der Waals surface area contributed by atoms with Crippen LogP contribution in [0.25, 0.3) is 0 Å². The number of ether oxygens (including phenoxy) is 2. The van der Waals surface area contributed by atoms with Crippen LogP contribution in [0.3, 0.4) is 0 Å². The number of benzene rings is 2. The lowest BCUT2D eigenvalue weighted by Gasteiger charge is -2.32. The number of hydrogen-bond donors (Lipinski definition) is 1. The number of aryl methyl sites for hydroxylation is 2. The lowest BCUT2D eigenvalue weighted by molar-refractivity contribution is -0.143. The first kappa shape index (κ1) is 27.5. The van der Waals surface area contributed by atoms with Crippen LogP contribution >= 0.6 is 0 Å².